The maximum Gasteiger partial charge on any atom is 0.344 e. The number of benzene rings is 1. The quantitative estimate of drug-likeness (QED) is 0.776. The second-order valence-electron chi connectivity index (χ2n) is 6.09. The molecule has 0 N–H and O–H groups in total. The van der Waals surface area contributed by atoms with Gasteiger partial charge in [0, 0.05) is 0 Å². The predicted octanol–water partition coefficient (Wildman–Crippen LogP) is 3.70. The van der Waals surface area contributed by atoms with Crippen LogP contribution in [0.25, 0.3) is 0 Å². The van der Waals surface area contributed by atoms with Crippen LogP contribution in [-0.4, -0.2) is 24.1 Å². The van der Waals surface area contributed by atoms with E-state index in [2.05, 4.69) is 13.8 Å². The van der Waals surface area contributed by atoms with E-state index in [1.165, 1.54) is 5.56 Å². The van der Waals surface area contributed by atoms with Gasteiger partial charge in [0.1, 0.15) is 5.60 Å². The lowest BCUT2D eigenvalue weighted by molar-refractivity contribution is -0.158. The van der Waals surface area contributed by atoms with Crippen molar-refractivity contribution in [1.82, 2.24) is 0 Å². The largest absolute Gasteiger partial charge is 0.457 e. The first-order valence-corrected chi connectivity index (χ1v) is 7.22. The summed E-state index contributed by atoms with van der Waals surface area (Å²) in [4.78, 5) is 23.3. The second kappa shape index (κ2) is 7.25. The number of esters is 2. The van der Waals surface area contributed by atoms with Crippen molar-refractivity contribution in [3.63, 3.8) is 0 Å². The van der Waals surface area contributed by atoms with Gasteiger partial charge in [0.05, 0.1) is 5.56 Å². The Balaban J connectivity index is 2.54. The van der Waals surface area contributed by atoms with Crippen LogP contribution >= 0.6 is 0 Å². The highest BCUT2D eigenvalue weighted by molar-refractivity contribution is 5.90. The molecule has 0 amide bonds. The van der Waals surface area contributed by atoms with E-state index >= 15 is 0 Å². The van der Waals surface area contributed by atoms with Gasteiger partial charge in [-0.2, -0.15) is 0 Å². The third-order valence-electron chi connectivity index (χ3n) is 3.07. The molecule has 0 aliphatic heterocycles. The summed E-state index contributed by atoms with van der Waals surface area (Å²) in [5, 5.41) is 0. The first kappa shape index (κ1) is 17.2. The molecule has 0 fully saturated rings. The summed E-state index contributed by atoms with van der Waals surface area (Å²) < 4.78 is 10.0. The molecule has 0 saturated heterocycles. The fraction of sp³-hybridized carbons (Fsp3) is 0.529. The fourth-order valence-corrected chi connectivity index (χ4v) is 1.76. The normalized spacial score (nSPS) is 12.6. The summed E-state index contributed by atoms with van der Waals surface area (Å²) in [6, 6.07) is 7.27. The van der Waals surface area contributed by atoms with Gasteiger partial charge < -0.3 is 9.47 Å². The van der Waals surface area contributed by atoms with Gasteiger partial charge in [-0.3, -0.25) is 0 Å². The minimum absolute atomic E-state index is 0.372. The van der Waals surface area contributed by atoms with E-state index in [1.54, 1.807) is 32.9 Å². The van der Waals surface area contributed by atoms with Gasteiger partial charge >= 0.3 is 11.9 Å². The first-order chi connectivity index (χ1) is 9.73. The fourth-order valence-electron chi connectivity index (χ4n) is 1.76. The third-order valence-corrected chi connectivity index (χ3v) is 3.07. The van der Waals surface area contributed by atoms with Gasteiger partial charge in [-0.05, 0) is 50.8 Å². The first-order valence-electron chi connectivity index (χ1n) is 7.22. The van der Waals surface area contributed by atoms with Crippen molar-refractivity contribution in [1.29, 1.82) is 0 Å². The molecule has 1 unspecified atom stereocenters. The molecule has 1 aromatic carbocycles. The summed E-state index contributed by atoms with van der Waals surface area (Å²) in [6.07, 6.45) is 1.04. The van der Waals surface area contributed by atoms with E-state index in [0.717, 1.165) is 6.42 Å². The molecular formula is C17H24O4. The summed E-state index contributed by atoms with van der Waals surface area (Å²) in [5.74, 6) is -0.611. The van der Waals surface area contributed by atoms with Crippen molar-refractivity contribution in [2.75, 3.05) is 6.61 Å². The minimum atomic E-state index is -0.582. The molecule has 0 bridgehead atoms. The lowest BCUT2D eigenvalue weighted by Crippen LogP contribution is -2.27. The average molecular weight is 292 g/mol. The minimum Gasteiger partial charge on any atom is -0.457 e. The van der Waals surface area contributed by atoms with Gasteiger partial charge in [-0.1, -0.05) is 26.0 Å². The molecule has 0 radical (unpaired) electrons. The van der Waals surface area contributed by atoms with Crippen molar-refractivity contribution in [2.24, 2.45) is 0 Å². The average Bonchev–Trinajstić information content (AvgIpc) is 2.42. The van der Waals surface area contributed by atoms with Crippen LogP contribution in [0, 0.1) is 0 Å². The smallest absolute Gasteiger partial charge is 0.344 e. The van der Waals surface area contributed by atoms with Gasteiger partial charge in [0.2, 0.25) is 0 Å². The van der Waals surface area contributed by atoms with Crippen LogP contribution in [0.4, 0.5) is 0 Å². The van der Waals surface area contributed by atoms with E-state index in [0.29, 0.717) is 11.5 Å². The molecule has 0 aliphatic carbocycles. The number of rotatable bonds is 5. The van der Waals surface area contributed by atoms with Crippen LogP contribution in [0.1, 0.15) is 62.9 Å². The number of hydrogen-bond acceptors (Lipinski definition) is 4. The van der Waals surface area contributed by atoms with E-state index in [4.69, 9.17) is 9.47 Å². The van der Waals surface area contributed by atoms with Crippen molar-refractivity contribution < 1.29 is 19.1 Å². The maximum atomic E-state index is 11.8. The molecule has 4 nitrogen and oxygen atoms in total. The lowest BCUT2D eigenvalue weighted by atomic mass is 9.98. The zero-order valence-electron chi connectivity index (χ0n) is 13.4. The Morgan fingerprint density at radius 2 is 1.71 bits per heavy atom. The molecule has 116 valence electrons. The standard InChI is InChI=1S/C17H24O4/c1-6-12(2)13-7-9-14(10-8-13)16(19)20-11-15(18)21-17(3,4)5/h7-10,12H,6,11H2,1-5H3. The topological polar surface area (TPSA) is 52.6 Å². The van der Waals surface area contributed by atoms with E-state index in [-0.39, 0.29) is 6.61 Å². The summed E-state index contributed by atoms with van der Waals surface area (Å²) in [6.45, 7) is 9.17. The molecule has 0 saturated carbocycles. The van der Waals surface area contributed by atoms with E-state index < -0.39 is 17.5 Å². The highest BCUT2D eigenvalue weighted by Gasteiger charge is 2.18. The molecule has 0 aliphatic rings. The van der Waals surface area contributed by atoms with Crippen LogP contribution < -0.4 is 0 Å². The number of carbonyl (C=O) groups is 2. The molecule has 1 aromatic rings. The van der Waals surface area contributed by atoms with Gasteiger partial charge in [0.15, 0.2) is 6.61 Å². The molecule has 4 heteroatoms. The Kier molecular flexibility index (Phi) is 5.94. The van der Waals surface area contributed by atoms with E-state index in [9.17, 15) is 9.59 Å². The van der Waals surface area contributed by atoms with Crippen LogP contribution in [0.3, 0.4) is 0 Å². The summed E-state index contributed by atoms with van der Waals surface area (Å²) in [7, 11) is 0. The Morgan fingerprint density at radius 1 is 1.14 bits per heavy atom. The van der Waals surface area contributed by atoms with Gasteiger partial charge in [-0.25, -0.2) is 9.59 Å². The summed E-state index contributed by atoms with van der Waals surface area (Å²) in [5.41, 5.74) is 1.04. The Morgan fingerprint density at radius 3 is 2.19 bits per heavy atom. The zero-order chi connectivity index (χ0) is 16.0. The van der Waals surface area contributed by atoms with Crippen molar-refractivity contribution in [3.05, 3.63) is 35.4 Å². The SMILES string of the molecule is CCC(C)c1ccc(C(=O)OCC(=O)OC(C)(C)C)cc1. The second-order valence-corrected chi connectivity index (χ2v) is 6.09. The molecule has 21 heavy (non-hydrogen) atoms. The molecule has 0 aromatic heterocycles. The highest BCUT2D eigenvalue weighted by atomic mass is 16.6. The molecule has 0 heterocycles. The number of carbonyl (C=O) groups excluding carboxylic acids is 2. The van der Waals surface area contributed by atoms with Crippen LogP contribution in [0.5, 0.6) is 0 Å². The van der Waals surface area contributed by atoms with Crippen LogP contribution in [-0.2, 0) is 14.3 Å². The molecule has 0 spiro atoms. The monoisotopic (exact) mass is 292 g/mol. The molecule has 1 rings (SSSR count). The Bertz CT molecular complexity index is 483. The third kappa shape index (κ3) is 5.98. The maximum absolute atomic E-state index is 11.8. The van der Waals surface area contributed by atoms with Crippen LogP contribution in [0.15, 0.2) is 24.3 Å². The van der Waals surface area contributed by atoms with Gasteiger partial charge in [-0.15, -0.1) is 0 Å². The highest BCUT2D eigenvalue weighted by Crippen LogP contribution is 2.19. The van der Waals surface area contributed by atoms with Crippen molar-refractivity contribution >= 4 is 11.9 Å². The molecule has 1 atom stereocenters. The Hall–Kier alpha value is -1.84. The molecular weight excluding hydrogens is 268 g/mol. The van der Waals surface area contributed by atoms with Crippen molar-refractivity contribution in [3.8, 4) is 0 Å². The van der Waals surface area contributed by atoms with Crippen LogP contribution in [0.2, 0.25) is 0 Å². The van der Waals surface area contributed by atoms with Gasteiger partial charge in [0.25, 0.3) is 0 Å². The number of ether oxygens (including phenoxy) is 2. The Labute approximate surface area is 126 Å². The predicted molar refractivity (Wildman–Crippen MR) is 81.3 cm³/mol. The summed E-state index contributed by atoms with van der Waals surface area (Å²) >= 11 is 0. The number of hydrogen-bond donors (Lipinski definition) is 0. The zero-order valence-corrected chi connectivity index (χ0v) is 13.4. The van der Waals surface area contributed by atoms with E-state index in [1.807, 2.05) is 12.1 Å². The lowest BCUT2D eigenvalue weighted by Gasteiger charge is -2.19. The van der Waals surface area contributed by atoms with Crippen molar-refractivity contribution in [2.45, 2.75) is 52.6 Å².